The molecular formula is C19H30ClN3O2. The van der Waals surface area contributed by atoms with Crippen molar-refractivity contribution in [3.05, 3.63) is 29.3 Å². The minimum Gasteiger partial charge on any atom is -0.349 e. The SMILES string of the molecule is CCCC(N)C(=O)Nc1ccc(C(=O)NC2CCCCC2)cc1C.Cl. The van der Waals surface area contributed by atoms with Crippen molar-refractivity contribution in [3.8, 4) is 0 Å². The Morgan fingerprint density at radius 3 is 2.52 bits per heavy atom. The predicted molar refractivity (Wildman–Crippen MR) is 104 cm³/mol. The van der Waals surface area contributed by atoms with E-state index in [-0.39, 0.29) is 30.3 Å². The van der Waals surface area contributed by atoms with Gasteiger partial charge < -0.3 is 16.4 Å². The summed E-state index contributed by atoms with van der Waals surface area (Å²) in [4.78, 5) is 24.4. The molecule has 1 saturated carbocycles. The molecule has 6 heteroatoms. The molecule has 1 unspecified atom stereocenters. The van der Waals surface area contributed by atoms with E-state index in [0.717, 1.165) is 24.8 Å². The Balaban J connectivity index is 0.00000312. The van der Waals surface area contributed by atoms with Gasteiger partial charge in [0.25, 0.3) is 5.91 Å². The van der Waals surface area contributed by atoms with Crippen LogP contribution in [-0.2, 0) is 4.79 Å². The van der Waals surface area contributed by atoms with E-state index in [2.05, 4.69) is 10.6 Å². The molecule has 1 aromatic carbocycles. The number of amides is 2. The van der Waals surface area contributed by atoms with Crippen LogP contribution in [0.25, 0.3) is 0 Å². The molecule has 1 atom stereocenters. The standard InChI is InChI=1S/C19H29N3O2.ClH/c1-3-7-16(20)19(24)22-17-11-10-14(12-13(17)2)18(23)21-15-8-5-4-6-9-15;/h10-12,15-16H,3-9,20H2,1-2H3,(H,21,23)(H,22,24);1H. The minimum absolute atomic E-state index is 0. The lowest BCUT2D eigenvalue weighted by Crippen LogP contribution is -2.36. The van der Waals surface area contributed by atoms with Gasteiger partial charge in [-0.05, 0) is 49.9 Å². The molecule has 1 aliphatic rings. The third kappa shape index (κ3) is 6.33. The molecule has 2 amide bonds. The van der Waals surface area contributed by atoms with Gasteiger partial charge in [0.1, 0.15) is 0 Å². The number of anilines is 1. The Hall–Kier alpha value is -1.59. The van der Waals surface area contributed by atoms with E-state index < -0.39 is 6.04 Å². The summed E-state index contributed by atoms with van der Waals surface area (Å²) in [6.45, 7) is 3.89. The van der Waals surface area contributed by atoms with Gasteiger partial charge in [-0.3, -0.25) is 9.59 Å². The number of carbonyl (C=O) groups is 2. The van der Waals surface area contributed by atoms with Crippen LogP contribution >= 0.6 is 12.4 Å². The molecule has 0 aliphatic heterocycles. The monoisotopic (exact) mass is 367 g/mol. The smallest absolute Gasteiger partial charge is 0.251 e. The third-order valence-corrected chi connectivity index (χ3v) is 4.62. The molecule has 0 heterocycles. The predicted octanol–water partition coefficient (Wildman–Crippen LogP) is 3.55. The number of aryl methyl sites for hydroxylation is 1. The summed E-state index contributed by atoms with van der Waals surface area (Å²) in [6, 6.07) is 5.15. The highest BCUT2D eigenvalue weighted by Crippen LogP contribution is 2.20. The maximum Gasteiger partial charge on any atom is 0.251 e. The molecular weight excluding hydrogens is 338 g/mol. The highest BCUT2D eigenvalue weighted by Gasteiger charge is 2.18. The van der Waals surface area contributed by atoms with Crippen LogP contribution in [0.4, 0.5) is 5.69 Å². The molecule has 1 aromatic rings. The van der Waals surface area contributed by atoms with Crippen LogP contribution in [0.1, 0.15) is 67.8 Å². The van der Waals surface area contributed by atoms with Crippen LogP contribution in [0.15, 0.2) is 18.2 Å². The van der Waals surface area contributed by atoms with Crippen molar-refractivity contribution < 1.29 is 9.59 Å². The maximum absolute atomic E-state index is 12.4. The maximum atomic E-state index is 12.4. The van der Waals surface area contributed by atoms with E-state index in [1.165, 1.54) is 19.3 Å². The number of hydrogen-bond donors (Lipinski definition) is 3. The van der Waals surface area contributed by atoms with Gasteiger partial charge in [-0.2, -0.15) is 0 Å². The van der Waals surface area contributed by atoms with E-state index >= 15 is 0 Å². The molecule has 5 nitrogen and oxygen atoms in total. The quantitative estimate of drug-likeness (QED) is 0.718. The molecule has 25 heavy (non-hydrogen) atoms. The van der Waals surface area contributed by atoms with Gasteiger partial charge in [0.15, 0.2) is 0 Å². The summed E-state index contributed by atoms with van der Waals surface area (Å²) in [5.41, 5.74) is 8.04. The first kappa shape index (κ1) is 21.5. The van der Waals surface area contributed by atoms with Crippen molar-refractivity contribution in [2.45, 2.75) is 70.9 Å². The van der Waals surface area contributed by atoms with Gasteiger partial charge in [-0.25, -0.2) is 0 Å². The average Bonchev–Trinajstić information content (AvgIpc) is 2.57. The van der Waals surface area contributed by atoms with Crippen molar-refractivity contribution in [3.63, 3.8) is 0 Å². The molecule has 0 bridgehead atoms. The number of nitrogens with two attached hydrogens (primary N) is 1. The van der Waals surface area contributed by atoms with E-state index in [1.54, 1.807) is 12.1 Å². The van der Waals surface area contributed by atoms with Crippen molar-refractivity contribution in [1.82, 2.24) is 5.32 Å². The Kier molecular flexibility index (Phi) is 8.93. The van der Waals surface area contributed by atoms with Gasteiger partial charge in [0.05, 0.1) is 6.04 Å². The fourth-order valence-corrected chi connectivity index (χ4v) is 3.13. The Morgan fingerprint density at radius 2 is 1.92 bits per heavy atom. The van der Waals surface area contributed by atoms with Crippen LogP contribution in [0.2, 0.25) is 0 Å². The first-order valence-corrected chi connectivity index (χ1v) is 8.99. The normalized spacial score (nSPS) is 15.8. The number of carbonyl (C=O) groups excluding carboxylic acids is 2. The number of benzene rings is 1. The number of nitrogens with one attached hydrogen (secondary N) is 2. The van der Waals surface area contributed by atoms with Crippen molar-refractivity contribution in [1.29, 1.82) is 0 Å². The minimum atomic E-state index is -0.497. The van der Waals surface area contributed by atoms with Crippen LogP contribution < -0.4 is 16.4 Å². The summed E-state index contributed by atoms with van der Waals surface area (Å²) < 4.78 is 0. The Labute approximate surface area is 156 Å². The second-order valence-electron chi connectivity index (χ2n) is 6.72. The molecule has 0 spiro atoms. The summed E-state index contributed by atoms with van der Waals surface area (Å²) in [5.74, 6) is -0.218. The fraction of sp³-hybridized carbons (Fsp3) is 0.579. The zero-order chi connectivity index (χ0) is 17.5. The molecule has 0 saturated heterocycles. The van der Waals surface area contributed by atoms with E-state index in [9.17, 15) is 9.59 Å². The zero-order valence-electron chi connectivity index (χ0n) is 15.1. The molecule has 2 rings (SSSR count). The third-order valence-electron chi connectivity index (χ3n) is 4.62. The second kappa shape index (κ2) is 10.4. The highest BCUT2D eigenvalue weighted by atomic mass is 35.5. The lowest BCUT2D eigenvalue weighted by Gasteiger charge is -2.23. The molecule has 4 N–H and O–H groups in total. The second-order valence-corrected chi connectivity index (χ2v) is 6.72. The van der Waals surface area contributed by atoms with Gasteiger partial charge in [0.2, 0.25) is 5.91 Å². The van der Waals surface area contributed by atoms with Gasteiger partial charge >= 0.3 is 0 Å². The van der Waals surface area contributed by atoms with Gasteiger partial charge in [-0.1, -0.05) is 32.6 Å². The lowest BCUT2D eigenvalue weighted by molar-refractivity contribution is -0.117. The summed E-state index contributed by atoms with van der Waals surface area (Å²) >= 11 is 0. The van der Waals surface area contributed by atoms with E-state index in [1.807, 2.05) is 19.9 Å². The van der Waals surface area contributed by atoms with E-state index in [4.69, 9.17) is 5.73 Å². The summed E-state index contributed by atoms with van der Waals surface area (Å²) in [7, 11) is 0. The van der Waals surface area contributed by atoms with Crippen LogP contribution in [0.3, 0.4) is 0 Å². The number of halogens is 1. The average molecular weight is 368 g/mol. The molecule has 140 valence electrons. The zero-order valence-corrected chi connectivity index (χ0v) is 16.0. The number of rotatable bonds is 6. The van der Waals surface area contributed by atoms with Crippen LogP contribution in [0, 0.1) is 6.92 Å². The molecule has 0 radical (unpaired) electrons. The Bertz CT molecular complexity index is 586. The molecule has 1 aliphatic carbocycles. The molecule has 0 aromatic heterocycles. The highest BCUT2D eigenvalue weighted by molar-refractivity contribution is 5.98. The summed E-state index contributed by atoms with van der Waals surface area (Å²) in [6.07, 6.45) is 7.29. The summed E-state index contributed by atoms with van der Waals surface area (Å²) in [5, 5.41) is 5.96. The van der Waals surface area contributed by atoms with Crippen molar-refractivity contribution in [2.75, 3.05) is 5.32 Å². The first-order valence-electron chi connectivity index (χ1n) is 8.99. The van der Waals surface area contributed by atoms with Gasteiger partial charge in [-0.15, -0.1) is 12.4 Å². The van der Waals surface area contributed by atoms with Crippen LogP contribution in [-0.4, -0.2) is 23.9 Å². The fourth-order valence-electron chi connectivity index (χ4n) is 3.13. The number of hydrogen-bond acceptors (Lipinski definition) is 3. The van der Waals surface area contributed by atoms with Crippen molar-refractivity contribution in [2.24, 2.45) is 5.73 Å². The first-order chi connectivity index (χ1) is 11.5. The Morgan fingerprint density at radius 1 is 1.24 bits per heavy atom. The van der Waals surface area contributed by atoms with E-state index in [0.29, 0.717) is 17.7 Å². The molecule has 1 fully saturated rings. The van der Waals surface area contributed by atoms with Crippen LogP contribution in [0.5, 0.6) is 0 Å². The van der Waals surface area contributed by atoms with Crippen molar-refractivity contribution >= 4 is 29.9 Å². The topological polar surface area (TPSA) is 84.2 Å². The lowest BCUT2D eigenvalue weighted by atomic mass is 9.95. The largest absolute Gasteiger partial charge is 0.349 e. The van der Waals surface area contributed by atoms with Gasteiger partial charge in [0, 0.05) is 17.3 Å².